The van der Waals surface area contributed by atoms with Gasteiger partial charge in [-0.2, -0.15) is 0 Å². The number of hydrogen-bond acceptors (Lipinski definition) is 3. The molecule has 2 N–H and O–H groups in total. The van der Waals surface area contributed by atoms with Gasteiger partial charge in [0, 0.05) is 11.6 Å². The van der Waals surface area contributed by atoms with Crippen LogP contribution >= 0.6 is 0 Å². The lowest BCUT2D eigenvalue weighted by molar-refractivity contribution is 0.117. The van der Waals surface area contributed by atoms with Crippen LogP contribution in [-0.2, 0) is 17.9 Å². The van der Waals surface area contributed by atoms with Crippen LogP contribution in [0.1, 0.15) is 17.5 Å². The van der Waals surface area contributed by atoms with Crippen molar-refractivity contribution in [2.45, 2.75) is 19.4 Å². The number of rotatable bonds is 2. The molecule has 2 rings (SSSR count). The van der Waals surface area contributed by atoms with E-state index >= 15 is 0 Å². The van der Waals surface area contributed by atoms with Crippen LogP contribution in [0, 0.1) is 11.6 Å². The van der Waals surface area contributed by atoms with E-state index in [9.17, 15) is 8.78 Å². The Kier molecular flexibility index (Phi) is 2.83. The quantitative estimate of drug-likeness (QED) is 0.763. The molecule has 1 aliphatic heterocycles. The van der Waals surface area contributed by atoms with E-state index in [4.69, 9.17) is 10.6 Å². The number of fused-ring (bicyclic) bond motifs is 1. The molecule has 15 heavy (non-hydrogen) atoms. The molecule has 0 amide bonds. The van der Waals surface area contributed by atoms with Gasteiger partial charge in [0.2, 0.25) is 0 Å². The van der Waals surface area contributed by atoms with Crippen LogP contribution < -0.4 is 10.6 Å². The first-order chi connectivity index (χ1) is 7.24. The van der Waals surface area contributed by atoms with Gasteiger partial charge in [-0.05, 0) is 12.8 Å². The van der Waals surface area contributed by atoms with Gasteiger partial charge in [0.05, 0.1) is 18.8 Å². The average Bonchev–Trinajstić information content (AvgIpc) is 2.24. The Balaban J connectivity index is 2.53. The Bertz CT molecular complexity index is 382. The van der Waals surface area contributed by atoms with Crippen LogP contribution in [0.2, 0.25) is 0 Å². The minimum Gasteiger partial charge on any atom is -0.493 e. The molecule has 1 aromatic rings. The standard InChI is InChI=1S/C10H11F2NO2/c11-8-4-9(12)7(5-15-13)10-6(8)2-1-3-14-10/h4H,1-3,5,13H2. The molecule has 82 valence electrons. The minimum atomic E-state index is -0.682. The van der Waals surface area contributed by atoms with Crippen molar-refractivity contribution >= 4 is 0 Å². The lowest BCUT2D eigenvalue weighted by Gasteiger charge is -2.21. The second-order valence-electron chi connectivity index (χ2n) is 3.39. The van der Waals surface area contributed by atoms with E-state index in [0.717, 1.165) is 12.5 Å². The number of ether oxygens (including phenoxy) is 1. The first-order valence-electron chi connectivity index (χ1n) is 4.68. The summed E-state index contributed by atoms with van der Waals surface area (Å²) in [6, 6.07) is 0.849. The van der Waals surface area contributed by atoms with Crippen molar-refractivity contribution < 1.29 is 18.4 Å². The molecule has 0 atom stereocenters. The molecular weight excluding hydrogens is 204 g/mol. The van der Waals surface area contributed by atoms with Gasteiger partial charge < -0.3 is 4.74 Å². The van der Waals surface area contributed by atoms with Crippen LogP contribution in [0.5, 0.6) is 5.75 Å². The van der Waals surface area contributed by atoms with E-state index in [2.05, 4.69) is 4.84 Å². The Morgan fingerprint density at radius 3 is 2.93 bits per heavy atom. The fraction of sp³-hybridized carbons (Fsp3) is 0.400. The van der Waals surface area contributed by atoms with Crippen LogP contribution in [0.15, 0.2) is 6.07 Å². The zero-order valence-electron chi connectivity index (χ0n) is 8.06. The van der Waals surface area contributed by atoms with E-state index in [0.29, 0.717) is 18.6 Å². The topological polar surface area (TPSA) is 44.5 Å². The highest BCUT2D eigenvalue weighted by atomic mass is 19.1. The fourth-order valence-electron chi connectivity index (χ4n) is 1.73. The van der Waals surface area contributed by atoms with Crippen molar-refractivity contribution in [3.05, 3.63) is 28.8 Å². The number of benzene rings is 1. The summed E-state index contributed by atoms with van der Waals surface area (Å²) in [5, 5.41) is 0. The molecule has 0 aliphatic carbocycles. The Morgan fingerprint density at radius 1 is 1.40 bits per heavy atom. The molecule has 0 unspecified atom stereocenters. The molecule has 0 aromatic heterocycles. The second kappa shape index (κ2) is 4.12. The largest absolute Gasteiger partial charge is 0.493 e. The third kappa shape index (κ3) is 1.80. The molecule has 0 bridgehead atoms. The summed E-state index contributed by atoms with van der Waals surface area (Å²) in [5.41, 5.74) is 0.600. The third-order valence-electron chi connectivity index (χ3n) is 2.42. The van der Waals surface area contributed by atoms with E-state index in [1.54, 1.807) is 0 Å². The molecule has 0 spiro atoms. The molecule has 1 aromatic carbocycles. The molecule has 0 saturated heterocycles. The second-order valence-corrected chi connectivity index (χ2v) is 3.39. The van der Waals surface area contributed by atoms with Gasteiger partial charge in [0.25, 0.3) is 0 Å². The van der Waals surface area contributed by atoms with Crippen molar-refractivity contribution in [3.63, 3.8) is 0 Å². The highest BCUT2D eigenvalue weighted by molar-refractivity contribution is 5.44. The van der Waals surface area contributed by atoms with E-state index in [-0.39, 0.29) is 17.9 Å². The van der Waals surface area contributed by atoms with Crippen LogP contribution in [-0.4, -0.2) is 6.61 Å². The maximum absolute atomic E-state index is 13.4. The van der Waals surface area contributed by atoms with Crippen LogP contribution in [0.4, 0.5) is 8.78 Å². The van der Waals surface area contributed by atoms with E-state index in [1.165, 1.54) is 0 Å². The molecule has 5 heteroatoms. The Morgan fingerprint density at radius 2 is 2.20 bits per heavy atom. The lowest BCUT2D eigenvalue weighted by Crippen LogP contribution is -2.15. The van der Waals surface area contributed by atoms with Gasteiger partial charge in [-0.3, -0.25) is 4.84 Å². The zero-order chi connectivity index (χ0) is 10.8. The fourth-order valence-corrected chi connectivity index (χ4v) is 1.73. The van der Waals surface area contributed by atoms with Crippen molar-refractivity contribution in [3.8, 4) is 5.75 Å². The van der Waals surface area contributed by atoms with Crippen LogP contribution in [0.3, 0.4) is 0 Å². The van der Waals surface area contributed by atoms with Crippen LogP contribution in [0.25, 0.3) is 0 Å². The van der Waals surface area contributed by atoms with Gasteiger partial charge in [-0.15, -0.1) is 0 Å². The SMILES string of the molecule is NOCc1c(F)cc(F)c2c1OCCC2. The summed E-state index contributed by atoms with van der Waals surface area (Å²) in [7, 11) is 0. The van der Waals surface area contributed by atoms with Gasteiger partial charge in [0.1, 0.15) is 17.4 Å². The minimum absolute atomic E-state index is 0.117. The van der Waals surface area contributed by atoms with E-state index in [1.807, 2.05) is 0 Å². The van der Waals surface area contributed by atoms with Gasteiger partial charge in [0.15, 0.2) is 0 Å². The summed E-state index contributed by atoms with van der Waals surface area (Å²) in [5.74, 6) is 3.89. The highest BCUT2D eigenvalue weighted by Crippen LogP contribution is 2.33. The summed E-state index contributed by atoms with van der Waals surface area (Å²) in [6.07, 6.45) is 1.29. The lowest BCUT2D eigenvalue weighted by atomic mass is 10.0. The first-order valence-corrected chi connectivity index (χ1v) is 4.68. The smallest absolute Gasteiger partial charge is 0.135 e. The number of halogens is 2. The monoisotopic (exact) mass is 215 g/mol. The van der Waals surface area contributed by atoms with Crippen molar-refractivity contribution in [2.24, 2.45) is 5.90 Å². The number of hydrogen-bond donors (Lipinski definition) is 1. The normalized spacial score (nSPS) is 14.6. The third-order valence-corrected chi connectivity index (χ3v) is 2.42. The summed E-state index contributed by atoms with van der Waals surface area (Å²) in [6.45, 7) is 0.349. The number of nitrogens with two attached hydrogens (primary N) is 1. The van der Waals surface area contributed by atoms with Crippen molar-refractivity contribution in [1.29, 1.82) is 0 Å². The Hall–Kier alpha value is -1.20. The van der Waals surface area contributed by atoms with Crippen molar-refractivity contribution in [2.75, 3.05) is 6.61 Å². The summed E-state index contributed by atoms with van der Waals surface area (Å²) >= 11 is 0. The molecule has 1 heterocycles. The van der Waals surface area contributed by atoms with Crippen molar-refractivity contribution in [1.82, 2.24) is 0 Å². The maximum Gasteiger partial charge on any atom is 0.135 e. The maximum atomic E-state index is 13.4. The molecule has 0 fully saturated rings. The van der Waals surface area contributed by atoms with Gasteiger partial charge in [-0.25, -0.2) is 14.7 Å². The average molecular weight is 215 g/mol. The molecule has 0 radical (unpaired) electrons. The molecular formula is C10H11F2NO2. The molecule has 1 aliphatic rings. The summed E-state index contributed by atoms with van der Waals surface area (Å²) < 4.78 is 32.0. The zero-order valence-corrected chi connectivity index (χ0v) is 8.06. The predicted octanol–water partition coefficient (Wildman–Crippen LogP) is 1.68. The van der Waals surface area contributed by atoms with Gasteiger partial charge >= 0.3 is 0 Å². The Labute approximate surface area is 85.7 Å². The molecule has 3 nitrogen and oxygen atoms in total. The molecule has 0 saturated carbocycles. The predicted molar refractivity (Wildman–Crippen MR) is 49.2 cm³/mol. The summed E-state index contributed by atoms with van der Waals surface area (Å²) in [4.78, 5) is 4.37. The van der Waals surface area contributed by atoms with E-state index < -0.39 is 11.6 Å². The first kappa shape index (κ1) is 10.3. The van der Waals surface area contributed by atoms with Gasteiger partial charge in [-0.1, -0.05) is 0 Å². The highest BCUT2D eigenvalue weighted by Gasteiger charge is 2.22.